The molecule has 2 aromatic rings. The van der Waals surface area contributed by atoms with E-state index in [1.54, 1.807) is 6.07 Å². The number of benzene rings is 2. The Kier molecular flexibility index (Phi) is 7.60. The third kappa shape index (κ3) is 6.84. The fraction of sp³-hybridized carbons (Fsp3) is 0.409. The summed E-state index contributed by atoms with van der Waals surface area (Å²) in [6.45, 7) is 1.99. The molecule has 1 saturated heterocycles. The van der Waals surface area contributed by atoms with Crippen LogP contribution in [0, 0.1) is 0 Å². The molecule has 2 aromatic carbocycles. The van der Waals surface area contributed by atoms with Gasteiger partial charge in [-0.15, -0.1) is 0 Å². The summed E-state index contributed by atoms with van der Waals surface area (Å²) in [7, 11) is -3.55. The van der Waals surface area contributed by atoms with Crippen molar-refractivity contribution >= 4 is 27.4 Å². The Morgan fingerprint density at radius 2 is 1.81 bits per heavy atom. The second-order valence-corrected chi connectivity index (χ2v) is 9.82. The number of aliphatic hydroxyl groups excluding tert-OH is 1. The predicted octanol–water partition coefficient (Wildman–Crippen LogP) is 1.68. The molecule has 0 radical (unpaired) electrons. The van der Waals surface area contributed by atoms with Gasteiger partial charge in [-0.1, -0.05) is 18.2 Å². The Morgan fingerprint density at radius 3 is 2.41 bits per heavy atom. The number of phenols is 1. The van der Waals surface area contributed by atoms with Crippen molar-refractivity contribution in [1.82, 2.24) is 5.32 Å². The van der Waals surface area contributed by atoms with Gasteiger partial charge in [0.05, 0.1) is 24.5 Å². The number of aliphatic carboxylic acids is 1. The zero-order valence-corrected chi connectivity index (χ0v) is 18.7. The number of piperidine rings is 1. The number of rotatable bonds is 9. The van der Waals surface area contributed by atoms with Crippen LogP contribution in [0.2, 0.25) is 0 Å². The molecule has 0 unspecified atom stereocenters. The molecule has 10 heteroatoms. The minimum atomic E-state index is -3.55. The van der Waals surface area contributed by atoms with E-state index < -0.39 is 22.1 Å². The highest BCUT2D eigenvalue weighted by molar-refractivity contribution is 7.92. The van der Waals surface area contributed by atoms with Gasteiger partial charge < -0.3 is 25.5 Å². The fourth-order valence-electron chi connectivity index (χ4n) is 3.78. The van der Waals surface area contributed by atoms with Crippen molar-refractivity contribution in [3.63, 3.8) is 0 Å². The minimum Gasteiger partial charge on any atom is -0.506 e. The standard InChI is InChI=1S/C22H29N3O6S/c1-32(30,31)24-19-13-16(4-7-20(19)26)21(27)14-23-17-8-10-25(11-9-17)18-5-2-15(3-6-18)12-22(28)29/h2-7,13,17,21,23-24,26-27H,8-12,14H2,1H3,(H,28,29)/t21-/m1/s1. The lowest BCUT2D eigenvalue weighted by Gasteiger charge is -2.34. The van der Waals surface area contributed by atoms with Crippen LogP contribution in [0.3, 0.4) is 0 Å². The number of sulfonamides is 1. The molecule has 3 rings (SSSR count). The number of aliphatic hydroxyl groups is 1. The molecule has 174 valence electrons. The molecule has 1 fully saturated rings. The van der Waals surface area contributed by atoms with Gasteiger partial charge in [-0.3, -0.25) is 9.52 Å². The topological polar surface area (TPSA) is 139 Å². The molecule has 32 heavy (non-hydrogen) atoms. The first kappa shape index (κ1) is 23.8. The van der Waals surface area contributed by atoms with Crippen molar-refractivity contribution in [1.29, 1.82) is 0 Å². The van der Waals surface area contributed by atoms with Crippen LogP contribution in [0.25, 0.3) is 0 Å². The fourth-order valence-corrected chi connectivity index (χ4v) is 4.34. The van der Waals surface area contributed by atoms with Gasteiger partial charge in [-0.25, -0.2) is 8.42 Å². The number of nitrogens with zero attached hydrogens (tertiary/aromatic N) is 1. The highest BCUT2D eigenvalue weighted by atomic mass is 32.2. The SMILES string of the molecule is CS(=O)(=O)Nc1cc([C@H](O)CNC2CCN(c3ccc(CC(=O)O)cc3)CC2)ccc1O. The summed E-state index contributed by atoms with van der Waals surface area (Å²) in [4.78, 5) is 13.1. The van der Waals surface area contributed by atoms with Gasteiger partial charge in [0.2, 0.25) is 10.0 Å². The van der Waals surface area contributed by atoms with Crippen molar-refractivity contribution in [2.45, 2.75) is 31.4 Å². The average Bonchev–Trinajstić information content (AvgIpc) is 2.73. The monoisotopic (exact) mass is 463 g/mol. The first-order valence-corrected chi connectivity index (χ1v) is 12.3. The lowest BCUT2D eigenvalue weighted by Crippen LogP contribution is -2.43. The van der Waals surface area contributed by atoms with Crippen LogP contribution >= 0.6 is 0 Å². The van der Waals surface area contributed by atoms with Gasteiger partial charge in [0.25, 0.3) is 0 Å². The molecule has 0 bridgehead atoms. The van der Waals surface area contributed by atoms with Gasteiger partial charge in [0, 0.05) is 31.4 Å². The Morgan fingerprint density at radius 1 is 1.16 bits per heavy atom. The molecule has 1 heterocycles. The van der Waals surface area contributed by atoms with Gasteiger partial charge in [0.1, 0.15) is 5.75 Å². The van der Waals surface area contributed by atoms with Crippen LogP contribution in [0.15, 0.2) is 42.5 Å². The van der Waals surface area contributed by atoms with Crippen molar-refractivity contribution < 1.29 is 28.5 Å². The number of hydrogen-bond acceptors (Lipinski definition) is 7. The molecule has 0 amide bonds. The van der Waals surface area contributed by atoms with E-state index >= 15 is 0 Å². The maximum Gasteiger partial charge on any atom is 0.307 e. The van der Waals surface area contributed by atoms with Crippen LogP contribution in [-0.4, -0.2) is 61.6 Å². The predicted molar refractivity (Wildman–Crippen MR) is 123 cm³/mol. The van der Waals surface area contributed by atoms with Gasteiger partial charge >= 0.3 is 5.97 Å². The van der Waals surface area contributed by atoms with Crippen LogP contribution in [0.5, 0.6) is 5.75 Å². The summed E-state index contributed by atoms with van der Waals surface area (Å²) in [6, 6.07) is 12.2. The van der Waals surface area contributed by atoms with Crippen LogP contribution < -0.4 is 14.9 Å². The normalized spacial score (nSPS) is 16.0. The van der Waals surface area contributed by atoms with Gasteiger partial charge in [-0.2, -0.15) is 0 Å². The molecule has 5 N–H and O–H groups in total. The molecule has 1 aliphatic rings. The number of carboxylic acid groups (broad SMARTS) is 1. The quantitative estimate of drug-likeness (QED) is 0.354. The lowest BCUT2D eigenvalue weighted by molar-refractivity contribution is -0.136. The van der Waals surface area contributed by atoms with Gasteiger partial charge in [0.15, 0.2) is 0 Å². The summed E-state index contributed by atoms with van der Waals surface area (Å²) >= 11 is 0. The first-order valence-electron chi connectivity index (χ1n) is 10.4. The Balaban J connectivity index is 1.49. The number of aromatic hydroxyl groups is 1. The van der Waals surface area contributed by atoms with E-state index in [2.05, 4.69) is 14.9 Å². The van der Waals surface area contributed by atoms with E-state index in [9.17, 15) is 23.4 Å². The summed E-state index contributed by atoms with van der Waals surface area (Å²) in [5.74, 6) is -1.05. The van der Waals surface area contributed by atoms with Crippen molar-refractivity contribution in [2.75, 3.05) is 35.5 Å². The molecule has 0 aromatic heterocycles. The third-order valence-electron chi connectivity index (χ3n) is 5.45. The molecule has 1 aliphatic heterocycles. The van der Waals surface area contributed by atoms with Crippen LogP contribution in [0.1, 0.15) is 30.1 Å². The first-order chi connectivity index (χ1) is 15.1. The summed E-state index contributed by atoms with van der Waals surface area (Å²) in [5.41, 5.74) is 2.37. The number of carboxylic acids is 1. The molecule has 0 spiro atoms. The summed E-state index contributed by atoms with van der Waals surface area (Å²) < 4.78 is 25.1. The number of hydrogen-bond donors (Lipinski definition) is 5. The Labute approximate surface area is 187 Å². The second kappa shape index (κ2) is 10.2. The summed E-state index contributed by atoms with van der Waals surface area (Å²) in [6.07, 6.45) is 1.94. The minimum absolute atomic E-state index is 0.0153. The van der Waals surface area contributed by atoms with E-state index in [1.807, 2.05) is 24.3 Å². The number of carbonyl (C=O) groups is 1. The molecular weight excluding hydrogens is 434 g/mol. The van der Waals surface area contributed by atoms with E-state index in [-0.39, 0.29) is 23.9 Å². The van der Waals surface area contributed by atoms with Gasteiger partial charge in [-0.05, 0) is 48.2 Å². The largest absolute Gasteiger partial charge is 0.506 e. The Hall–Kier alpha value is -2.82. The van der Waals surface area contributed by atoms with E-state index in [4.69, 9.17) is 5.11 Å². The Bertz CT molecular complexity index is 1030. The number of anilines is 2. The smallest absolute Gasteiger partial charge is 0.307 e. The highest BCUT2D eigenvalue weighted by Crippen LogP contribution is 2.28. The molecular formula is C22H29N3O6S. The maximum atomic E-state index is 11.4. The van der Waals surface area contributed by atoms with Crippen molar-refractivity contribution in [3.05, 3.63) is 53.6 Å². The van der Waals surface area contributed by atoms with Crippen LogP contribution in [-0.2, 0) is 21.2 Å². The van der Waals surface area contributed by atoms with E-state index in [0.717, 1.165) is 43.4 Å². The zero-order valence-electron chi connectivity index (χ0n) is 17.9. The second-order valence-electron chi connectivity index (χ2n) is 8.07. The average molecular weight is 464 g/mol. The van der Waals surface area contributed by atoms with Crippen molar-refractivity contribution in [2.24, 2.45) is 0 Å². The molecule has 9 nitrogen and oxygen atoms in total. The number of nitrogens with one attached hydrogen (secondary N) is 2. The molecule has 0 saturated carbocycles. The number of phenolic OH excluding ortho intramolecular Hbond substituents is 1. The lowest BCUT2D eigenvalue weighted by atomic mass is 10.0. The molecule has 0 aliphatic carbocycles. The zero-order chi connectivity index (χ0) is 23.3. The highest BCUT2D eigenvalue weighted by Gasteiger charge is 2.21. The van der Waals surface area contributed by atoms with E-state index in [1.165, 1.54) is 12.1 Å². The van der Waals surface area contributed by atoms with Crippen LogP contribution in [0.4, 0.5) is 11.4 Å². The van der Waals surface area contributed by atoms with Crippen molar-refractivity contribution in [3.8, 4) is 5.75 Å². The third-order valence-corrected chi connectivity index (χ3v) is 6.04. The summed E-state index contributed by atoms with van der Waals surface area (Å²) in [5, 5.41) is 32.6. The van der Waals surface area contributed by atoms with E-state index in [0.29, 0.717) is 12.1 Å². The maximum absolute atomic E-state index is 11.4. The molecule has 1 atom stereocenters.